The minimum absolute atomic E-state index is 0.237. The number of carbonyl (C=O) groups excluding carboxylic acids is 1. The molecule has 0 bridgehead atoms. The third kappa shape index (κ3) is 3.25. The van der Waals surface area contributed by atoms with Gasteiger partial charge < -0.3 is 4.90 Å². The fourth-order valence-electron chi connectivity index (χ4n) is 3.48. The van der Waals surface area contributed by atoms with Crippen LogP contribution < -0.4 is 15.3 Å². The Labute approximate surface area is 172 Å². The fourth-order valence-corrected chi connectivity index (χ4v) is 3.48. The molecule has 1 saturated heterocycles. The van der Waals surface area contributed by atoms with Gasteiger partial charge in [-0.1, -0.05) is 77.0 Å². The normalized spacial score (nSPS) is 18.4. The molecule has 5 rings (SSSR count). The highest BCUT2D eigenvalue weighted by atomic mass is 16.2. The third-order valence-corrected chi connectivity index (χ3v) is 4.77. The molecule has 3 aromatic rings. The highest BCUT2D eigenvalue weighted by Gasteiger charge is 2.39. The molecule has 8 nitrogen and oxygen atoms in total. The van der Waals surface area contributed by atoms with Crippen molar-refractivity contribution in [2.24, 2.45) is 20.5 Å². The molecule has 1 N–H and O–H groups in total. The van der Waals surface area contributed by atoms with Crippen LogP contribution in [0.5, 0.6) is 0 Å². The molecule has 1 unspecified atom stereocenters. The Bertz CT molecular complexity index is 1130. The Hall–Kier alpha value is -4.17. The number of carbonyl (C=O) groups is 1. The number of hydrogen-bond donors (Lipinski definition) is 1. The summed E-state index contributed by atoms with van der Waals surface area (Å²) in [6.45, 7) is 0. The first-order valence-corrected chi connectivity index (χ1v) is 9.43. The molecule has 3 aromatic carbocycles. The Morgan fingerprint density at radius 1 is 0.667 bits per heavy atom. The second-order valence-corrected chi connectivity index (χ2v) is 6.65. The van der Waals surface area contributed by atoms with Gasteiger partial charge in [0.25, 0.3) is 0 Å². The minimum Gasteiger partial charge on any atom is -0.302 e. The van der Waals surface area contributed by atoms with Crippen molar-refractivity contribution >= 4 is 17.4 Å². The molecule has 30 heavy (non-hydrogen) atoms. The van der Waals surface area contributed by atoms with Gasteiger partial charge in [0.05, 0.1) is 5.69 Å². The van der Waals surface area contributed by atoms with Crippen LogP contribution in [0.4, 0.5) is 16.2 Å². The number of nitrogens with zero attached hydrogens (tertiary/aromatic N) is 6. The van der Waals surface area contributed by atoms with E-state index in [2.05, 4.69) is 42.9 Å². The summed E-state index contributed by atoms with van der Waals surface area (Å²) < 4.78 is 0. The van der Waals surface area contributed by atoms with Crippen molar-refractivity contribution in [2.45, 2.75) is 6.17 Å². The number of hydrazine groups is 1. The van der Waals surface area contributed by atoms with Crippen LogP contribution >= 0.6 is 0 Å². The molecule has 0 radical (unpaired) electrons. The van der Waals surface area contributed by atoms with E-state index >= 15 is 0 Å². The zero-order valence-corrected chi connectivity index (χ0v) is 15.8. The minimum atomic E-state index is -0.720. The van der Waals surface area contributed by atoms with E-state index in [4.69, 9.17) is 0 Å². The number of hydrogen-bond acceptors (Lipinski definition) is 6. The number of amides is 2. The number of urea groups is 1. The van der Waals surface area contributed by atoms with Gasteiger partial charge in [-0.2, -0.15) is 0 Å². The topological polar surface area (TPSA) is 85.0 Å². The maximum Gasteiger partial charge on any atom is 0.404 e. The standard InChI is InChI=1S/C22H17N7O/c30-22-25-23-19(24-26-22)21-28(17-12-6-2-7-13-17)20(16-10-4-1-5-11-16)27-29(21)18-14-8-3-9-15-18/h1-15,20,27H. The van der Waals surface area contributed by atoms with Gasteiger partial charge >= 0.3 is 6.03 Å². The van der Waals surface area contributed by atoms with E-state index in [-0.39, 0.29) is 12.0 Å². The molecule has 0 aliphatic carbocycles. The molecule has 2 amide bonds. The number of anilines is 2. The van der Waals surface area contributed by atoms with Gasteiger partial charge in [-0.3, -0.25) is 5.01 Å². The van der Waals surface area contributed by atoms with Gasteiger partial charge in [0.2, 0.25) is 5.82 Å². The van der Waals surface area contributed by atoms with E-state index in [9.17, 15) is 4.79 Å². The van der Waals surface area contributed by atoms with E-state index in [1.165, 1.54) is 0 Å². The van der Waals surface area contributed by atoms with Gasteiger partial charge in [-0.25, -0.2) is 10.2 Å². The van der Waals surface area contributed by atoms with E-state index in [0.717, 1.165) is 16.9 Å². The van der Waals surface area contributed by atoms with Gasteiger partial charge in [0.1, 0.15) is 6.17 Å². The van der Waals surface area contributed by atoms with Crippen LogP contribution in [0.25, 0.3) is 0 Å². The largest absolute Gasteiger partial charge is 0.404 e. The van der Waals surface area contributed by atoms with Crippen molar-refractivity contribution in [1.29, 1.82) is 0 Å². The van der Waals surface area contributed by atoms with Crippen molar-refractivity contribution in [3.63, 3.8) is 0 Å². The third-order valence-electron chi connectivity index (χ3n) is 4.77. The summed E-state index contributed by atoms with van der Waals surface area (Å²) >= 11 is 0. The summed E-state index contributed by atoms with van der Waals surface area (Å²) in [7, 11) is 0. The Kier molecular flexibility index (Phi) is 4.59. The molecular weight excluding hydrogens is 378 g/mol. The Morgan fingerprint density at radius 3 is 1.80 bits per heavy atom. The molecule has 2 heterocycles. The maximum atomic E-state index is 11.4. The van der Waals surface area contributed by atoms with E-state index in [1.54, 1.807) is 0 Å². The first-order chi connectivity index (χ1) is 14.8. The summed E-state index contributed by atoms with van der Waals surface area (Å²) in [6.07, 6.45) is -0.237. The number of benzene rings is 3. The van der Waals surface area contributed by atoms with Crippen LogP contribution in [-0.4, -0.2) is 6.03 Å². The van der Waals surface area contributed by atoms with Crippen molar-refractivity contribution in [1.82, 2.24) is 5.43 Å². The molecule has 2 aliphatic rings. The average molecular weight is 395 g/mol. The maximum absolute atomic E-state index is 11.4. The number of rotatable bonds is 3. The van der Waals surface area contributed by atoms with Gasteiger partial charge in [0.15, 0.2) is 5.82 Å². The first-order valence-electron chi connectivity index (χ1n) is 9.43. The van der Waals surface area contributed by atoms with Crippen LogP contribution in [0, 0.1) is 0 Å². The summed E-state index contributed by atoms with van der Waals surface area (Å²) in [6, 6.07) is 29.1. The van der Waals surface area contributed by atoms with Gasteiger partial charge in [0, 0.05) is 5.69 Å². The van der Waals surface area contributed by atoms with Crippen LogP contribution in [-0.2, 0) is 0 Å². The SMILES string of the molecule is O=C1N=NC(=C2N(c3ccccc3)NC(c3ccccc3)N2c2ccccc2)N=N1. The number of para-hydroxylation sites is 2. The lowest BCUT2D eigenvalue weighted by molar-refractivity contribution is 0.253. The first kappa shape index (κ1) is 17.9. The van der Waals surface area contributed by atoms with Crippen LogP contribution in [0.3, 0.4) is 0 Å². The van der Waals surface area contributed by atoms with E-state index < -0.39 is 6.03 Å². The second-order valence-electron chi connectivity index (χ2n) is 6.65. The molecule has 1 fully saturated rings. The van der Waals surface area contributed by atoms with Gasteiger partial charge in [-0.15, -0.1) is 10.2 Å². The molecule has 0 saturated carbocycles. The van der Waals surface area contributed by atoms with E-state index in [0.29, 0.717) is 5.82 Å². The summed E-state index contributed by atoms with van der Waals surface area (Å²) in [5.74, 6) is 0.870. The summed E-state index contributed by atoms with van der Waals surface area (Å²) in [5, 5.41) is 17.2. The van der Waals surface area contributed by atoms with Crippen molar-refractivity contribution in [3.05, 3.63) is 108 Å². The molecule has 2 aliphatic heterocycles. The molecular formula is C22H17N7O. The highest BCUT2D eigenvalue weighted by molar-refractivity contribution is 5.75. The monoisotopic (exact) mass is 395 g/mol. The average Bonchev–Trinajstić information content (AvgIpc) is 3.22. The molecule has 8 heteroatoms. The van der Waals surface area contributed by atoms with Crippen LogP contribution in [0.2, 0.25) is 0 Å². The predicted octanol–water partition coefficient (Wildman–Crippen LogP) is 5.38. The van der Waals surface area contributed by atoms with Crippen molar-refractivity contribution in [3.8, 4) is 0 Å². The fraction of sp³-hybridized carbons (Fsp3) is 0.0455. The molecule has 1 atom stereocenters. The zero-order valence-electron chi connectivity index (χ0n) is 15.8. The van der Waals surface area contributed by atoms with Crippen LogP contribution in [0.1, 0.15) is 11.7 Å². The lowest BCUT2D eigenvalue weighted by atomic mass is 10.1. The summed E-state index contributed by atoms with van der Waals surface area (Å²) in [4.78, 5) is 13.5. The van der Waals surface area contributed by atoms with Gasteiger partial charge in [-0.05, 0) is 29.8 Å². The van der Waals surface area contributed by atoms with Crippen molar-refractivity contribution < 1.29 is 4.79 Å². The molecule has 146 valence electrons. The predicted molar refractivity (Wildman–Crippen MR) is 112 cm³/mol. The van der Waals surface area contributed by atoms with Crippen LogP contribution in [0.15, 0.2) is 123 Å². The van der Waals surface area contributed by atoms with E-state index in [1.807, 2.05) is 83.9 Å². The zero-order chi connectivity index (χ0) is 20.3. The number of nitrogens with one attached hydrogen (secondary N) is 1. The Balaban J connectivity index is 1.73. The van der Waals surface area contributed by atoms with Crippen molar-refractivity contribution in [2.75, 3.05) is 9.91 Å². The number of azo groups is 2. The molecule has 0 spiro atoms. The Morgan fingerprint density at radius 2 is 1.20 bits per heavy atom. The molecule has 0 aromatic heterocycles. The highest BCUT2D eigenvalue weighted by Crippen LogP contribution is 2.40. The lowest BCUT2D eigenvalue weighted by Crippen LogP contribution is -2.31. The smallest absolute Gasteiger partial charge is 0.302 e. The summed E-state index contributed by atoms with van der Waals surface area (Å²) in [5.41, 5.74) is 6.42. The quantitative estimate of drug-likeness (QED) is 0.645. The second kappa shape index (κ2) is 7.69. The lowest BCUT2D eigenvalue weighted by Gasteiger charge is -2.26.